The third-order valence-corrected chi connectivity index (χ3v) is 5.61. The van der Waals surface area contributed by atoms with Crippen LogP contribution in [-0.4, -0.2) is 48.2 Å². The molecule has 25 heavy (non-hydrogen) atoms. The third-order valence-electron chi connectivity index (χ3n) is 4.61. The van der Waals surface area contributed by atoms with E-state index in [2.05, 4.69) is 48.6 Å². The van der Waals surface area contributed by atoms with E-state index in [0.29, 0.717) is 17.4 Å². The quantitative estimate of drug-likeness (QED) is 0.700. The number of hydrogen-bond donors (Lipinski definition) is 0. The van der Waals surface area contributed by atoms with Gasteiger partial charge in [0.1, 0.15) is 5.69 Å². The number of thiophene rings is 1. The lowest BCUT2D eigenvalue weighted by Gasteiger charge is -2.32. The molecule has 0 amide bonds. The topological polar surface area (TPSA) is 72.6 Å². The highest BCUT2D eigenvalue weighted by Gasteiger charge is 2.22. The van der Waals surface area contributed by atoms with Crippen LogP contribution in [0.3, 0.4) is 0 Å². The van der Waals surface area contributed by atoms with Gasteiger partial charge in [0.2, 0.25) is 5.82 Å². The van der Waals surface area contributed by atoms with E-state index >= 15 is 0 Å². The second-order valence-corrected chi connectivity index (χ2v) is 7.53. The molecule has 0 aliphatic carbocycles. The van der Waals surface area contributed by atoms with Gasteiger partial charge in [0.25, 0.3) is 0 Å². The van der Waals surface area contributed by atoms with Gasteiger partial charge >= 0.3 is 0 Å². The van der Waals surface area contributed by atoms with Crippen LogP contribution in [0.5, 0.6) is 0 Å². The van der Waals surface area contributed by atoms with Crippen LogP contribution in [-0.2, 0) is 13.1 Å². The van der Waals surface area contributed by atoms with Gasteiger partial charge in [0.05, 0.1) is 12.7 Å². The number of aryl methyl sites for hydroxylation is 1. The van der Waals surface area contributed by atoms with Crippen LogP contribution in [0.2, 0.25) is 0 Å². The fourth-order valence-electron chi connectivity index (χ4n) is 3.28. The van der Waals surface area contributed by atoms with Gasteiger partial charge in [0.15, 0.2) is 0 Å². The smallest absolute Gasteiger partial charge is 0.224 e. The molecule has 130 valence electrons. The van der Waals surface area contributed by atoms with Gasteiger partial charge in [-0.25, -0.2) is 4.98 Å². The van der Waals surface area contributed by atoms with E-state index < -0.39 is 0 Å². The minimum absolute atomic E-state index is 0.537. The van der Waals surface area contributed by atoms with E-state index in [-0.39, 0.29) is 0 Å². The van der Waals surface area contributed by atoms with Crippen molar-refractivity contribution in [1.29, 1.82) is 0 Å². The first kappa shape index (κ1) is 16.3. The molecule has 0 radical (unpaired) electrons. The van der Waals surface area contributed by atoms with E-state index in [1.165, 1.54) is 29.8 Å². The normalized spacial score (nSPS) is 18.5. The summed E-state index contributed by atoms with van der Waals surface area (Å²) in [6, 6.07) is 2.20. The van der Waals surface area contributed by atoms with Crippen LogP contribution in [0, 0.1) is 12.8 Å². The van der Waals surface area contributed by atoms with Crippen LogP contribution in [0.4, 0.5) is 0 Å². The molecule has 1 aliphatic rings. The molecule has 1 atom stereocenters. The minimum atomic E-state index is 0.537. The van der Waals surface area contributed by atoms with Gasteiger partial charge in [-0.2, -0.15) is 4.80 Å². The Morgan fingerprint density at radius 3 is 3.08 bits per heavy atom. The molecule has 0 bridgehead atoms. The number of rotatable bonds is 5. The van der Waals surface area contributed by atoms with Crippen molar-refractivity contribution in [3.05, 3.63) is 40.5 Å². The van der Waals surface area contributed by atoms with E-state index in [1.807, 2.05) is 11.3 Å². The van der Waals surface area contributed by atoms with Crippen molar-refractivity contribution >= 4 is 11.3 Å². The number of piperidine rings is 1. The molecule has 1 aliphatic heterocycles. The van der Waals surface area contributed by atoms with Gasteiger partial charge in [0, 0.05) is 30.4 Å². The van der Waals surface area contributed by atoms with Crippen molar-refractivity contribution in [2.45, 2.75) is 32.9 Å². The first-order valence-corrected chi connectivity index (χ1v) is 9.45. The lowest BCUT2D eigenvalue weighted by Crippen LogP contribution is -2.36. The third kappa shape index (κ3) is 3.91. The minimum Gasteiger partial charge on any atom is -0.298 e. The number of tetrazole rings is 1. The molecular formula is C17H21N7S. The maximum absolute atomic E-state index is 4.46. The molecule has 0 saturated carbocycles. The fourth-order valence-corrected chi connectivity index (χ4v) is 4.23. The Kier molecular flexibility index (Phi) is 4.80. The molecule has 1 saturated heterocycles. The highest BCUT2D eigenvalue weighted by Crippen LogP contribution is 2.23. The SMILES string of the molecule is Cc1ccsc1CN1CCC[C@H](Cn2nnc(-c3cnccn3)n2)C1. The van der Waals surface area contributed by atoms with Crippen LogP contribution in [0.1, 0.15) is 23.3 Å². The maximum Gasteiger partial charge on any atom is 0.224 e. The molecule has 8 heteroatoms. The van der Waals surface area contributed by atoms with Gasteiger partial charge in [-0.15, -0.1) is 21.5 Å². The standard InChI is InChI=1S/C17H21N7S/c1-13-4-8-25-16(13)12-23-7-2-3-14(10-23)11-24-21-17(20-22-24)15-9-18-5-6-19-15/h4-6,8-9,14H,2-3,7,10-12H2,1H3/t14-/m0/s1. The van der Waals surface area contributed by atoms with Crippen molar-refractivity contribution in [3.63, 3.8) is 0 Å². The zero-order chi connectivity index (χ0) is 17.1. The fraction of sp³-hybridized carbons (Fsp3) is 0.471. The summed E-state index contributed by atoms with van der Waals surface area (Å²) < 4.78 is 0. The lowest BCUT2D eigenvalue weighted by molar-refractivity contribution is 0.150. The predicted octanol–water partition coefficient (Wildman–Crippen LogP) is 2.41. The Bertz CT molecular complexity index is 813. The molecule has 3 aromatic rings. The predicted molar refractivity (Wildman–Crippen MR) is 95.9 cm³/mol. The second kappa shape index (κ2) is 7.37. The van der Waals surface area contributed by atoms with E-state index in [9.17, 15) is 0 Å². The molecule has 0 spiro atoms. The lowest BCUT2D eigenvalue weighted by atomic mass is 9.98. The van der Waals surface area contributed by atoms with Gasteiger partial charge in [-0.1, -0.05) is 0 Å². The maximum atomic E-state index is 4.46. The number of likely N-dealkylation sites (tertiary alicyclic amines) is 1. The van der Waals surface area contributed by atoms with E-state index in [0.717, 1.165) is 19.6 Å². The molecule has 4 heterocycles. The Hall–Kier alpha value is -2.19. The Balaban J connectivity index is 1.38. The van der Waals surface area contributed by atoms with Crippen LogP contribution < -0.4 is 0 Å². The van der Waals surface area contributed by atoms with Crippen LogP contribution in [0.15, 0.2) is 30.0 Å². The number of aromatic nitrogens is 6. The van der Waals surface area contributed by atoms with Crippen LogP contribution >= 0.6 is 11.3 Å². The Morgan fingerprint density at radius 1 is 1.32 bits per heavy atom. The van der Waals surface area contributed by atoms with Crippen molar-refractivity contribution in [2.24, 2.45) is 5.92 Å². The summed E-state index contributed by atoms with van der Waals surface area (Å²) in [5.74, 6) is 1.09. The molecular weight excluding hydrogens is 334 g/mol. The Labute approximate surface area is 150 Å². The average molecular weight is 355 g/mol. The van der Waals surface area contributed by atoms with Crippen molar-refractivity contribution in [2.75, 3.05) is 13.1 Å². The molecule has 1 fully saturated rings. The van der Waals surface area contributed by atoms with Gasteiger partial charge in [-0.05, 0) is 54.5 Å². The highest BCUT2D eigenvalue weighted by molar-refractivity contribution is 7.10. The summed E-state index contributed by atoms with van der Waals surface area (Å²) >= 11 is 1.85. The summed E-state index contributed by atoms with van der Waals surface area (Å²) in [7, 11) is 0. The number of nitrogens with zero attached hydrogens (tertiary/aromatic N) is 7. The zero-order valence-electron chi connectivity index (χ0n) is 14.2. The zero-order valence-corrected chi connectivity index (χ0v) is 15.1. The number of hydrogen-bond acceptors (Lipinski definition) is 7. The Morgan fingerprint density at radius 2 is 2.28 bits per heavy atom. The summed E-state index contributed by atoms with van der Waals surface area (Å²) in [4.78, 5) is 14.0. The first-order chi connectivity index (χ1) is 12.3. The van der Waals surface area contributed by atoms with Crippen molar-refractivity contribution < 1.29 is 0 Å². The summed E-state index contributed by atoms with van der Waals surface area (Å²) in [5.41, 5.74) is 2.06. The van der Waals surface area contributed by atoms with E-state index in [4.69, 9.17) is 0 Å². The van der Waals surface area contributed by atoms with Gasteiger partial charge < -0.3 is 0 Å². The molecule has 4 rings (SSSR count). The molecule has 0 aromatic carbocycles. The van der Waals surface area contributed by atoms with Gasteiger partial charge in [-0.3, -0.25) is 9.88 Å². The highest BCUT2D eigenvalue weighted by atomic mass is 32.1. The van der Waals surface area contributed by atoms with E-state index in [1.54, 1.807) is 23.4 Å². The molecule has 7 nitrogen and oxygen atoms in total. The first-order valence-electron chi connectivity index (χ1n) is 8.57. The van der Waals surface area contributed by atoms with Crippen molar-refractivity contribution in [3.8, 4) is 11.5 Å². The summed E-state index contributed by atoms with van der Waals surface area (Å²) in [5, 5.41) is 14.9. The summed E-state index contributed by atoms with van der Waals surface area (Å²) in [6.07, 6.45) is 7.37. The monoisotopic (exact) mass is 355 g/mol. The molecule has 0 unspecified atom stereocenters. The average Bonchev–Trinajstić information content (AvgIpc) is 3.26. The molecule has 3 aromatic heterocycles. The van der Waals surface area contributed by atoms with Crippen molar-refractivity contribution in [1.82, 2.24) is 35.1 Å². The largest absolute Gasteiger partial charge is 0.298 e. The van der Waals surface area contributed by atoms with Crippen LogP contribution in [0.25, 0.3) is 11.5 Å². The molecule has 0 N–H and O–H groups in total. The summed E-state index contributed by atoms with van der Waals surface area (Å²) in [6.45, 7) is 6.30. The second-order valence-electron chi connectivity index (χ2n) is 6.53.